The highest BCUT2D eigenvalue weighted by molar-refractivity contribution is 5.99. The lowest BCUT2D eigenvalue weighted by Gasteiger charge is -2.15. The molecule has 1 aromatic carbocycles. The third-order valence-corrected chi connectivity index (χ3v) is 3.83. The lowest BCUT2D eigenvalue weighted by atomic mass is 9.89. The monoisotopic (exact) mass is 262 g/mol. The number of benzene rings is 1. The average Bonchev–Trinajstić information content (AvgIpc) is 2.87. The average molecular weight is 262 g/mol. The molecule has 2 rings (SSSR count). The van der Waals surface area contributed by atoms with Crippen molar-refractivity contribution in [2.45, 2.75) is 25.7 Å². The second-order valence-corrected chi connectivity index (χ2v) is 4.96. The number of hydrogen-bond donors (Lipinski definition) is 1. The molecule has 0 spiro atoms. The first kappa shape index (κ1) is 13.6. The number of ether oxygens (including phenoxy) is 1. The van der Waals surface area contributed by atoms with Crippen LogP contribution >= 0.6 is 0 Å². The highest BCUT2D eigenvalue weighted by atomic mass is 16.5. The van der Waals surface area contributed by atoms with Gasteiger partial charge in [-0.05, 0) is 30.9 Å². The van der Waals surface area contributed by atoms with Crippen molar-refractivity contribution in [2.24, 2.45) is 11.8 Å². The van der Waals surface area contributed by atoms with Crippen molar-refractivity contribution in [3.63, 3.8) is 0 Å². The van der Waals surface area contributed by atoms with E-state index in [1.54, 1.807) is 18.2 Å². The van der Waals surface area contributed by atoms with E-state index in [2.05, 4.69) is 0 Å². The number of methoxy groups -OCH3 is 1. The zero-order chi connectivity index (χ0) is 13.8. The number of carboxylic acid groups (broad SMARTS) is 1. The maximum atomic E-state index is 12.3. The molecule has 102 valence electrons. The Bertz CT molecular complexity index is 481. The van der Waals surface area contributed by atoms with E-state index in [1.807, 2.05) is 6.07 Å². The quantitative estimate of drug-likeness (QED) is 0.829. The molecule has 0 radical (unpaired) electrons. The number of aliphatic carboxylic acids is 1. The standard InChI is InChI=1S/C15H18O4/c1-19-14-8-3-2-6-12(14)13(16)9-10-5-4-7-11(10)15(17)18/h2-3,6,8,10-11H,4-5,7,9H2,1H3,(H,17,18)/t10-,11+/m1/s1. The summed E-state index contributed by atoms with van der Waals surface area (Å²) in [6.45, 7) is 0. The molecule has 19 heavy (non-hydrogen) atoms. The van der Waals surface area contributed by atoms with E-state index in [4.69, 9.17) is 9.84 Å². The molecule has 1 fully saturated rings. The number of ketones is 1. The molecule has 4 nitrogen and oxygen atoms in total. The summed E-state index contributed by atoms with van der Waals surface area (Å²) < 4.78 is 5.17. The third-order valence-electron chi connectivity index (χ3n) is 3.83. The van der Waals surface area contributed by atoms with Crippen LogP contribution in [-0.2, 0) is 4.79 Å². The highest BCUT2D eigenvalue weighted by Gasteiger charge is 2.34. The molecule has 1 aliphatic rings. The molecule has 0 amide bonds. The summed E-state index contributed by atoms with van der Waals surface area (Å²) in [4.78, 5) is 23.4. The van der Waals surface area contributed by atoms with E-state index in [0.717, 1.165) is 12.8 Å². The molecule has 0 heterocycles. The molecule has 1 saturated carbocycles. The van der Waals surface area contributed by atoms with Crippen LogP contribution in [0, 0.1) is 11.8 Å². The molecule has 1 aromatic rings. The predicted octanol–water partition coefficient (Wildman–Crippen LogP) is 2.77. The molecule has 0 aliphatic heterocycles. The van der Waals surface area contributed by atoms with Crippen molar-refractivity contribution in [1.29, 1.82) is 0 Å². The smallest absolute Gasteiger partial charge is 0.306 e. The molecule has 0 unspecified atom stereocenters. The Morgan fingerprint density at radius 3 is 2.74 bits per heavy atom. The number of carboxylic acids is 1. The summed E-state index contributed by atoms with van der Waals surface area (Å²) >= 11 is 0. The first-order valence-electron chi connectivity index (χ1n) is 6.52. The largest absolute Gasteiger partial charge is 0.496 e. The van der Waals surface area contributed by atoms with Crippen molar-refractivity contribution in [2.75, 3.05) is 7.11 Å². The fraction of sp³-hybridized carbons (Fsp3) is 0.467. The van der Waals surface area contributed by atoms with E-state index < -0.39 is 5.97 Å². The fourth-order valence-corrected chi connectivity index (χ4v) is 2.83. The topological polar surface area (TPSA) is 63.6 Å². The van der Waals surface area contributed by atoms with Gasteiger partial charge in [0.1, 0.15) is 5.75 Å². The first-order chi connectivity index (χ1) is 9.13. The molecule has 0 saturated heterocycles. The van der Waals surface area contributed by atoms with Gasteiger partial charge in [0.2, 0.25) is 0 Å². The van der Waals surface area contributed by atoms with Gasteiger partial charge in [-0.1, -0.05) is 18.6 Å². The van der Waals surface area contributed by atoms with Crippen LogP contribution in [0.1, 0.15) is 36.0 Å². The maximum absolute atomic E-state index is 12.3. The fourth-order valence-electron chi connectivity index (χ4n) is 2.83. The third kappa shape index (κ3) is 2.95. The van der Waals surface area contributed by atoms with Gasteiger partial charge in [0.25, 0.3) is 0 Å². The summed E-state index contributed by atoms with van der Waals surface area (Å²) in [7, 11) is 1.53. The first-order valence-corrected chi connectivity index (χ1v) is 6.52. The molecule has 1 N–H and O–H groups in total. The molecular weight excluding hydrogens is 244 g/mol. The van der Waals surface area contributed by atoms with Gasteiger partial charge in [-0.2, -0.15) is 0 Å². The summed E-state index contributed by atoms with van der Waals surface area (Å²) in [5.74, 6) is -0.683. The summed E-state index contributed by atoms with van der Waals surface area (Å²) in [6, 6.07) is 7.08. The van der Waals surface area contributed by atoms with Gasteiger partial charge >= 0.3 is 5.97 Å². The number of Topliss-reactive ketones (excluding diaryl/α,β-unsaturated/α-hetero) is 1. The Hall–Kier alpha value is -1.84. The number of hydrogen-bond acceptors (Lipinski definition) is 3. The van der Waals surface area contributed by atoms with E-state index >= 15 is 0 Å². The van der Waals surface area contributed by atoms with Crippen LogP contribution in [0.2, 0.25) is 0 Å². The van der Waals surface area contributed by atoms with Gasteiger partial charge in [0.05, 0.1) is 18.6 Å². The number of para-hydroxylation sites is 1. The van der Waals surface area contributed by atoms with Gasteiger partial charge in [0.15, 0.2) is 5.78 Å². The molecule has 0 bridgehead atoms. The Kier molecular flexibility index (Phi) is 4.20. The van der Waals surface area contributed by atoms with E-state index in [-0.39, 0.29) is 24.0 Å². The zero-order valence-electron chi connectivity index (χ0n) is 11.0. The van der Waals surface area contributed by atoms with Crippen LogP contribution in [0.5, 0.6) is 5.75 Å². The van der Waals surface area contributed by atoms with Crippen LogP contribution in [0.4, 0.5) is 0 Å². The van der Waals surface area contributed by atoms with E-state index in [9.17, 15) is 9.59 Å². The molecule has 1 aliphatic carbocycles. The van der Waals surface area contributed by atoms with Crippen LogP contribution < -0.4 is 4.74 Å². The SMILES string of the molecule is COc1ccccc1C(=O)C[C@H]1CCC[C@@H]1C(=O)O. The predicted molar refractivity (Wildman–Crippen MR) is 70.4 cm³/mol. The van der Waals surface area contributed by atoms with Gasteiger partial charge in [-0.25, -0.2) is 0 Å². The molecule has 4 heteroatoms. The Balaban J connectivity index is 2.10. The lowest BCUT2D eigenvalue weighted by molar-refractivity contribution is -0.142. The second kappa shape index (κ2) is 5.87. The zero-order valence-corrected chi connectivity index (χ0v) is 11.0. The number of rotatable bonds is 5. The van der Waals surface area contributed by atoms with Gasteiger partial charge in [-0.15, -0.1) is 0 Å². The summed E-state index contributed by atoms with van der Waals surface area (Å²) in [5.41, 5.74) is 0.543. The van der Waals surface area contributed by atoms with Crippen LogP contribution in [0.15, 0.2) is 24.3 Å². The minimum Gasteiger partial charge on any atom is -0.496 e. The Labute approximate surface area is 112 Å². The van der Waals surface area contributed by atoms with Crippen molar-refractivity contribution in [1.82, 2.24) is 0 Å². The Morgan fingerprint density at radius 1 is 1.32 bits per heavy atom. The van der Waals surface area contributed by atoms with Gasteiger partial charge in [-0.3, -0.25) is 9.59 Å². The van der Waals surface area contributed by atoms with Crippen molar-refractivity contribution < 1.29 is 19.4 Å². The van der Waals surface area contributed by atoms with Crippen LogP contribution in [0.3, 0.4) is 0 Å². The minimum atomic E-state index is -0.782. The maximum Gasteiger partial charge on any atom is 0.306 e. The lowest BCUT2D eigenvalue weighted by Crippen LogP contribution is -2.21. The van der Waals surface area contributed by atoms with Crippen LogP contribution in [-0.4, -0.2) is 24.0 Å². The molecule has 0 aromatic heterocycles. The van der Waals surface area contributed by atoms with E-state index in [0.29, 0.717) is 17.7 Å². The summed E-state index contributed by atoms with van der Waals surface area (Å²) in [5, 5.41) is 9.13. The highest BCUT2D eigenvalue weighted by Crippen LogP contribution is 2.35. The van der Waals surface area contributed by atoms with Crippen molar-refractivity contribution >= 4 is 11.8 Å². The summed E-state index contributed by atoms with van der Waals surface area (Å²) in [6.07, 6.45) is 2.68. The molecule has 2 atom stereocenters. The van der Waals surface area contributed by atoms with Crippen LogP contribution in [0.25, 0.3) is 0 Å². The normalized spacial score (nSPS) is 22.2. The van der Waals surface area contributed by atoms with Gasteiger partial charge < -0.3 is 9.84 Å². The minimum absolute atomic E-state index is 0.0319. The Morgan fingerprint density at radius 2 is 2.05 bits per heavy atom. The van der Waals surface area contributed by atoms with Crippen molar-refractivity contribution in [3.05, 3.63) is 29.8 Å². The molecular formula is C15H18O4. The number of carbonyl (C=O) groups is 2. The number of carbonyl (C=O) groups excluding carboxylic acids is 1. The van der Waals surface area contributed by atoms with Crippen molar-refractivity contribution in [3.8, 4) is 5.75 Å². The second-order valence-electron chi connectivity index (χ2n) is 4.96. The van der Waals surface area contributed by atoms with E-state index in [1.165, 1.54) is 7.11 Å². The van der Waals surface area contributed by atoms with Gasteiger partial charge in [0, 0.05) is 6.42 Å².